The van der Waals surface area contributed by atoms with E-state index in [1.165, 1.54) is 31.2 Å². The van der Waals surface area contributed by atoms with Gasteiger partial charge in [-0.3, -0.25) is 0 Å². The molecule has 1 unspecified atom stereocenters. The number of hydrogen-bond acceptors (Lipinski definition) is 3. The summed E-state index contributed by atoms with van der Waals surface area (Å²) in [5.41, 5.74) is 0.522. The summed E-state index contributed by atoms with van der Waals surface area (Å²) in [6.07, 6.45) is -0.837. The summed E-state index contributed by atoms with van der Waals surface area (Å²) in [6, 6.07) is 9.89. The molecular formula is C16H13F2NO2. The minimum absolute atomic E-state index is 0.0777. The van der Waals surface area contributed by atoms with Crippen molar-refractivity contribution in [1.29, 1.82) is 5.26 Å². The Balaban J connectivity index is 2.25. The molecule has 0 heterocycles. The van der Waals surface area contributed by atoms with Gasteiger partial charge < -0.3 is 9.84 Å². The third kappa shape index (κ3) is 3.36. The summed E-state index contributed by atoms with van der Waals surface area (Å²) in [7, 11) is 0. The molecule has 5 heteroatoms. The topological polar surface area (TPSA) is 53.2 Å². The lowest BCUT2D eigenvalue weighted by atomic mass is 10.1. The highest BCUT2D eigenvalue weighted by Crippen LogP contribution is 2.27. The molecule has 0 aliphatic heterocycles. The number of ether oxygens (including phenoxy) is 1. The third-order valence-electron chi connectivity index (χ3n) is 3.01. The van der Waals surface area contributed by atoms with Crippen molar-refractivity contribution in [3.8, 4) is 11.8 Å². The normalized spacial score (nSPS) is 11.8. The molecular weight excluding hydrogens is 276 g/mol. The first-order valence-electron chi connectivity index (χ1n) is 6.30. The van der Waals surface area contributed by atoms with Gasteiger partial charge in [-0.1, -0.05) is 12.1 Å². The molecule has 0 bridgehead atoms. The number of nitriles is 1. The van der Waals surface area contributed by atoms with E-state index in [9.17, 15) is 13.9 Å². The minimum atomic E-state index is -0.837. The van der Waals surface area contributed by atoms with E-state index in [1.807, 2.05) is 0 Å². The van der Waals surface area contributed by atoms with Gasteiger partial charge in [-0.25, -0.2) is 8.78 Å². The van der Waals surface area contributed by atoms with Gasteiger partial charge in [0.2, 0.25) is 0 Å². The maximum absolute atomic E-state index is 13.9. The van der Waals surface area contributed by atoms with E-state index >= 15 is 0 Å². The lowest BCUT2D eigenvalue weighted by Gasteiger charge is -2.14. The number of nitrogens with zero attached hydrogens (tertiary/aromatic N) is 1. The average Bonchev–Trinajstić information content (AvgIpc) is 2.46. The zero-order valence-electron chi connectivity index (χ0n) is 11.3. The molecule has 0 saturated heterocycles. The van der Waals surface area contributed by atoms with E-state index in [2.05, 4.69) is 0 Å². The lowest BCUT2D eigenvalue weighted by Crippen LogP contribution is -2.04. The van der Waals surface area contributed by atoms with E-state index < -0.39 is 17.7 Å². The number of halogens is 2. The van der Waals surface area contributed by atoms with Crippen molar-refractivity contribution in [3.05, 3.63) is 64.7 Å². The van der Waals surface area contributed by atoms with Crippen LogP contribution < -0.4 is 4.74 Å². The van der Waals surface area contributed by atoms with Crippen molar-refractivity contribution >= 4 is 0 Å². The van der Waals surface area contributed by atoms with Crippen LogP contribution in [0.15, 0.2) is 36.4 Å². The number of aliphatic hydroxyl groups is 1. The van der Waals surface area contributed by atoms with Gasteiger partial charge >= 0.3 is 0 Å². The molecule has 3 nitrogen and oxygen atoms in total. The van der Waals surface area contributed by atoms with Gasteiger partial charge in [0, 0.05) is 17.2 Å². The fraction of sp³-hybridized carbons (Fsp3) is 0.188. The smallest absolute Gasteiger partial charge is 0.147 e. The molecule has 0 fully saturated rings. The molecule has 2 aromatic carbocycles. The average molecular weight is 289 g/mol. The molecule has 0 saturated carbocycles. The highest BCUT2D eigenvalue weighted by molar-refractivity contribution is 5.37. The van der Waals surface area contributed by atoms with Crippen molar-refractivity contribution in [2.45, 2.75) is 19.6 Å². The Hall–Kier alpha value is -2.45. The van der Waals surface area contributed by atoms with Crippen LogP contribution in [0.5, 0.6) is 5.75 Å². The third-order valence-corrected chi connectivity index (χ3v) is 3.01. The summed E-state index contributed by atoms with van der Waals surface area (Å²) in [5, 5.41) is 18.4. The van der Waals surface area contributed by atoms with E-state index in [4.69, 9.17) is 10.00 Å². The van der Waals surface area contributed by atoms with Crippen molar-refractivity contribution in [1.82, 2.24) is 0 Å². The second-order valence-corrected chi connectivity index (χ2v) is 4.54. The second-order valence-electron chi connectivity index (χ2n) is 4.54. The van der Waals surface area contributed by atoms with Gasteiger partial charge in [0.05, 0.1) is 11.7 Å². The molecule has 0 aliphatic carbocycles. The molecule has 0 radical (unpaired) electrons. The van der Waals surface area contributed by atoms with Crippen molar-refractivity contribution in [3.63, 3.8) is 0 Å². The number of benzene rings is 2. The van der Waals surface area contributed by atoms with Crippen LogP contribution in [0.1, 0.15) is 29.7 Å². The van der Waals surface area contributed by atoms with Gasteiger partial charge in [-0.05, 0) is 25.1 Å². The van der Waals surface area contributed by atoms with E-state index in [1.54, 1.807) is 12.1 Å². The van der Waals surface area contributed by atoms with E-state index in [0.717, 1.165) is 6.07 Å². The van der Waals surface area contributed by atoms with Crippen molar-refractivity contribution < 1.29 is 18.6 Å². The fourth-order valence-electron chi connectivity index (χ4n) is 1.91. The number of aliphatic hydroxyl groups excluding tert-OH is 1. The van der Waals surface area contributed by atoms with Gasteiger partial charge in [-0.2, -0.15) is 5.26 Å². The Morgan fingerprint density at radius 2 is 2.05 bits per heavy atom. The Labute approximate surface area is 121 Å². The molecule has 21 heavy (non-hydrogen) atoms. The van der Waals surface area contributed by atoms with Crippen molar-refractivity contribution in [2.24, 2.45) is 0 Å². The Morgan fingerprint density at radius 3 is 2.71 bits per heavy atom. The van der Waals surface area contributed by atoms with E-state index in [-0.39, 0.29) is 23.5 Å². The largest absolute Gasteiger partial charge is 0.488 e. The lowest BCUT2D eigenvalue weighted by molar-refractivity contribution is 0.189. The molecule has 2 rings (SSSR count). The SMILES string of the molecule is CC(O)c1ccc(F)cc1OCc1cccc(C#N)c1F. The first-order chi connectivity index (χ1) is 10.0. The van der Waals surface area contributed by atoms with Crippen LogP contribution in [0.2, 0.25) is 0 Å². The number of hydrogen-bond donors (Lipinski definition) is 1. The summed E-state index contributed by atoms with van der Waals surface area (Å²) < 4.78 is 32.5. The molecule has 1 N–H and O–H groups in total. The van der Waals surface area contributed by atoms with Crippen molar-refractivity contribution in [2.75, 3.05) is 0 Å². The Morgan fingerprint density at radius 1 is 1.29 bits per heavy atom. The van der Waals surface area contributed by atoms with Gasteiger partial charge in [0.1, 0.15) is 30.1 Å². The van der Waals surface area contributed by atoms with Gasteiger partial charge in [-0.15, -0.1) is 0 Å². The monoisotopic (exact) mass is 289 g/mol. The Kier molecular flexibility index (Phi) is 4.51. The molecule has 0 aliphatic rings. The summed E-state index contributed by atoms with van der Waals surface area (Å²) in [5.74, 6) is -1.03. The van der Waals surface area contributed by atoms with Crippen LogP contribution in [0.25, 0.3) is 0 Å². The maximum Gasteiger partial charge on any atom is 0.147 e. The first-order valence-corrected chi connectivity index (χ1v) is 6.30. The zero-order valence-corrected chi connectivity index (χ0v) is 11.3. The van der Waals surface area contributed by atoms with Gasteiger partial charge in [0.15, 0.2) is 0 Å². The molecule has 0 aromatic heterocycles. The minimum Gasteiger partial charge on any atom is -0.488 e. The second kappa shape index (κ2) is 6.33. The number of rotatable bonds is 4. The zero-order chi connectivity index (χ0) is 15.4. The first kappa shape index (κ1) is 14.9. The van der Waals surface area contributed by atoms with Crippen LogP contribution in [0.4, 0.5) is 8.78 Å². The maximum atomic E-state index is 13.9. The summed E-state index contributed by atoms with van der Waals surface area (Å²) in [6.45, 7) is 1.36. The molecule has 0 amide bonds. The summed E-state index contributed by atoms with van der Waals surface area (Å²) >= 11 is 0. The van der Waals surface area contributed by atoms with Gasteiger partial charge in [0.25, 0.3) is 0 Å². The quantitative estimate of drug-likeness (QED) is 0.937. The fourth-order valence-corrected chi connectivity index (χ4v) is 1.91. The molecule has 2 aromatic rings. The molecule has 0 spiro atoms. The predicted molar refractivity (Wildman–Crippen MR) is 72.5 cm³/mol. The van der Waals surface area contributed by atoms with Crippen LogP contribution in [-0.4, -0.2) is 5.11 Å². The predicted octanol–water partition coefficient (Wildman–Crippen LogP) is 3.47. The highest BCUT2D eigenvalue weighted by atomic mass is 19.1. The van der Waals surface area contributed by atoms with Crippen LogP contribution >= 0.6 is 0 Å². The van der Waals surface area contributed by atoms with Crippen LogP contribution in [0, 0.1) is 23.0 Å². The summed E-state index contributed by atoms with van der Waals surface area (Å²) in [4.78, 5) is 0. The Bertz CT molecular complexity index is 693. The highest BCUT2D eigenvalue weighted by Gasteiger charge is 2.13. The van der Waals surface area contributed by atoms with E-state index in [0.29, 0.717) is 5.56 Å². The van der Waals surface area contributed by atoms with Crippen LogP contribution in [-0.2, 0) is 6.61 Å². The molecule has 1 atom stereocenters. The standard InChI is InChI=1S/C16H13F2NO2/c1-10(20)14-6-5-13(17)7-15(14)21-9-12-4-2-3-11(8-19)16(12)18/h2-7,10,20H,9H2,1H3. The van der Waals surface area contributed by atoms with Crippen LogP contribution in [0.3, 0.4) is 0 Å². The molecule has 108 valence electrons.